The standard InChI is InChI=1S/C12H13BrS2/c1-12(2,3)11-5-4-9(15-11)10-6-8(13)7-14-10/h4-7H,1-3H3. The van der Waals surface area contributed by atoms with E-state index in [-0.39, 0.29) is 5.41 Å². The van der Waals surface area contributed by atoms with Crippen LogP contribution in [0, 0.1) is 0 Å². The summed E-state index contributed by atoms with van der Waals surface area (Å²) in [6, 6.07) is 6.65. The lowest BCUT2D eigenvalue weighted by Gasteiger charge is -2.15. The molecule has 0 spiro atoms. The molecule has 0 unspecified atom stereocenters. The van der Waals surface area contributed by atoms with E-state index in [0.29, 0.717) is 0 Å². The molecule has 0 N–H and O–H groups in total. The molecular weight excluding hydrogens is 288 g/mol. The zero-order chi connectivity index (χ0) is 11.1. The predicted octanol–water partition coefficient (Wildman–Crippen LogP) is 5.54. The molecule has 0 aromatic carbocycles. The molecular formula is C12H13BrS2. The van der Waals surface area contributed by atoms with Crippen molar-refractivity contribution in [2.75, 3.05) is 0 Å². The van der Waals surface area contributed by atoms with Crippen LogP contribution in [0.3, 0.4) is 0 Å². The van der Waals surface area contributed by atoms with Crippen LogP contribution in [0.1, 0.15) is 25.6 Å². The van der Waals surface area contributed by atoms with Gasteiger partial charge in [0.15, 0.2) is 0 Å². The lowest BCUT2D eigenvalue weighted by molar-refractivity contribution is 0.604. The average molecular weight is 301 g/mol. The Balaban J connectivity index is 2.36. The molecule has 2 aromatic rings. The fourth-order valence-electron chi connectivity index (χ4n) is 1.32. The molecule has 0 saturated carbocycles. The largest absolute Gasteiger partial charge is 0.142 e. The third kappa shape index (κ3) is 2.52. The van der Waals surface area contributed by atoms with E-state index in [1.165, 1.54) is 19.1 Å². The fourth-order valence-corrected chi connectivity index (χ4v) is 3.91. The van der Waals surface area contributed by atoms with Crippen LogP contribution >= 0.6 is 38.6 Å². The second-order valence-corrected chi connectivity index (χ2v) is 7.45. The van der Waals surface area contributed by atoms with E-state index < -0.39 is 0 Å². The Hall–Kier alpha value is -0.120. The van der Waals surface area contributed by atoms with Crippen molar-refractivity contribution >= 4 is 38.6 Å². The van der Waals surface area contributed by atoms with Gasteiger partial charge in [0.05, 0.1) is 0 Å². The number of thiophene rings is 2. The highest BCUT2D eigenvalue weighted by Gasteiger charge is 2.16. The molecule has 0 fully saturated rings. The van der Waals surface area contributed by atoms with Gasteiger partial charge in [-0.15, -0.1) is 22.7 Å². The minimum Gasteiger partial charge on any atom is -0.142 e. The predicted molar refractivity (Wildman–Crippen MR) is 74.0 cm³/mol. The first kappa shape index (κ1) is 11.4. The summed E-state index contributed by atoms with van der Waals surface area (Å²) in [7, 11) is 0. The maximum atomic E-state index is 3.49. The number of halogens is 1. The Bertz CT molecular complexity index is 460. The van der Waals surface area contributed by atoms with E-state index in [4.69, 9.17) is 0 Å². The summed E-state index contributed by atoms with van der Waals surface area (Å²) in [5.74, 6) is 0. The van der Waals surface area contributed by atoms with Gasteiger partial charge in [-0.1, -0.05) is 20.8 Å². The molecule has 0 aliphatic carbocycles. The van der Waals surface area contributed by atoms with Crippen molar-refractivity contribution in [1.82, 2.24) is 0 Å². The van der Waals surface area contributed by atoms with E-state index in [1.54, 1.807) is 11.3 Å². The van der Waals surface area contributed by atoms with Gasteiger partial charge in [-0.3, -0.25) is 0 Å². The van der Waals surface area contributed by atoms with Gasteiger partial charge in [0, 0.05) is 24.5 Å². The van der Waals surface area contributed by atoms with Gasteiger partial charge in [0.2, 0.25) is 0 Å². The number of hydrogen-bond donors (Lipinski definition) is 0. The lowest BCUT2D eigenvalue weighted by Crippen LogP contribution is -2.07. The highest BCUT2D eigenvalue weighted by molar-refractivity contribution is 9.10. The van der Waals surface area contributed by atoms with Crippen LogP contribution in [-0.4, -0.2) is 0 Å². The van der Waals surface area contributed by atoms with Gasteiger partial charge in [-0.2, -0.15) is 0 Å². The van der Waals surface area contributed by atoms with Crippen molar-refractivity contribution in [2.45, 2.75) is 26.2 Å². The zero-order valence-electron chi connectivity index (χ0n) is 9.00. The zero-order valence-corrected chi connectivity index (χ0v) is 12.2. The maximum Gasteiger partial charge on any atom is 0.0454 e. The van der Waals surface area contributed by atoms with Crippen LogP contribution in [-0.2, 0) is 5.41 Å². The van der Waals surface area contributed by atoms with Crippen molar-refractivity contribution in [3.05, 3.63) is 32.9 Å². The summed E-state index contributed by atoms with van der Waals surface area (Å²) < 4.78 is 1.17. The van der Waals surface area contributed by atoms with Gasteiger partial charge >= 0.3 is 0 Å². The first-order valence-corrected chi connectivity index (χ1v) is 7.30. The van der Waals surface area contributed by atoms with E-state index in [9.17, 15) is 0 Å². The second-order valence-electron chi connectivity index (χ2n) is 4.54. The summed E-state index contributed by atoms with van der Waals surface area (Å²) >= 11 is 7.18. The third-order valence-electron chi connectivity index (χ3n) is 2.16. The van der Waals surface area contributed by atoms with Crippen molar-refractivity contribution in [2.24, 2.45) is 0 Å². The van der Waals surface area contributed by atoms with Crippen molar-refractivity contribution in [3.8, 4) is 9.75 Å². The van der Waals surface area contributed by atoms with Gasteiger partial charge in [-0.25, -0.2) is 0 Å². The summed E-state index contributed by atoms with van der Waals surface area (Å²) in [5, 5.41) is 2.13. The highest BCUT2D eigenvalue weighted by atomic mass is 79.9. The molecule has 0 atom stereocenters. The van der Waals surface area contributed by atoms with E-state index in [0.717, 1.165) is 0 Å². The van der Waals surface area contributed by atoms with Crippen LogP contribution in [0.4, 0.5) is 0 Å². The molecule has 0 bridgehead atoms. The maximum absolute atomic E-state index is 3.49. The topological polar surface area (TPSA) is 0 Å². The van der Waals surface area contributed by atoms with Crippen LogP contribution in [0.5, 0.6) is 0 Å². The van der Waals surface area contributed by atoms with Crippen molar-refractivity contribution in [3.63, 3.8) is 0 Å². The Labute approximate surface area is 107 Å². The highest BCUT2D eigenvalue weighted by Crippen LogP contribution is 2.38. The smallest absolute Gasteiger partial charge is 0.0454 e. The van der Waals surface area contributed by atoms with Crippen LogP contribution < -0.4 is 0 Å². The molecule has 0 nitrogen and oxygen atoms in total. The number of hydrogen-bond acceptors (Lipinski definition) is 2. The van der Waals surface area contributed by atoms with Crippen molar-refractivity contribution in [1.29, 1.82) is 0 Å². The lowest BCUT2D eigenvalue weighted by atomic mass is 9.95. The molecule has 2 rings (SSSR count). The molecule has 0 aliphatic rings. The first-order chi connectivity index (χ1) is 6.97. The second kappa shape index (κ2) is 4.04. The van der Waals surface area contributed by atoms with Crippen LogP contribution in [0.15, 0.2) is 28.1 Å². The SMILES string of the molecule is CC(C)(C)c1ccc(-c2cc(Br)cs2)s1. The molecule has 0 aliphatic heterocycles. The normalized spacial score (nSPS) is 12.0. The van der Waals surface area contributed by atoms with Crippen LogP contribution in [0.25, 0.3) is 9.75 Å². The summed E-state index contributed by atoms with van der Waals surface area (Å²) in [6.45, 7) is 6.77. The minimum atomic E-state index is 0.261. The molecule has 0 radical (unpaired) electrons. The van der Waals surface area contributed by atoms with Crippen LogP contribution in [0.2, 0.25) is 0 Å². The first-order valence-electron chi connectivity index (χ1n) is 4.81. The fraction of sp³-hybridized carbons (Fsp3) is 0.333. The van der Waals surface area contributed by atoms with Gasteiger partial charge in [0.25, 0.3) is 0 Å². The van der Waals surface area contributed by atoms with Crippen molar-refractivity contribution < 1.29 is 0 Å². The third-order valence-corrected chi connectivity index (χ3v) is 5.55. The van der Waals surface area contributed by atoms with Gasteiger partial charge < -0.3 is 0 Å². The van der Waals surface area contributed by atoms with E-state index in [2.05, 4.69) is 60.3 Å². The average Bonchev–Trinajstić information content (AvgIpc) is 2.69. The Morgan fingerprint density at radius 1 is 1.13 bits per heavy atom. The Morgan fingerprint density at radius 2 is 1.87 bits per heavy atom. The monoisotopic (exact) mass is 300 g/mol. The molecule has 0 saturated heterocycles. The summed E-state index contributed by atoms with van der Waals surface area (Å²) in [5.41, 5.74) is 0.261. The molecule has 0 amide bonds. The van der Waals surface area contributed by atoms with Gasteiger partial charge in [-0.05, 0) is 39.5 Å². The Kier molecular flexibility index (Phi) is 3.06. The van der Waals surface area contributed by atoms with E-state index in [1.807, 2.05) is 11.3 Å². The van der Waals surface area contributed by atoms with E-state index >= 15 is 0 Å². The number of rotatable bonds is 1. The molecule has 2 heterocycles. The Morgan fingerprint density at radius 3 is 2.33 bits per heavy atom. The molecule has 80 valence electrons. The van der Waals surface area contributed by atoms with Gasteiger partial charge in [0.1, 0.15) is 0 Å². The molecule has 15 heavy (non-hydrogen) atoms. The quantitative estimate of drug-likeness (QED) is 0.649. The summed E-state index contributed by atoms with van der Waals surface area (Å²) in [4.78, 5) is 4.17. The molecule has 3 heteroatoms. The summed E-state index contributed by atoms with van der Waals surface area (Å²) in [6.07, 6.45) is 0. The molecule has 2 aromatic heterocycles. The minimum absolute atomic E-state index is 0.261.